The first-order chi connectivity index (χ1) is 9.42. The maximum atomic E-state index is 12.1. The molecule has 0 aliphatic rings. The number of carboxylic acids is 1. The van der Waals surface area contributed by atoms with E-state index in [1.165, 1.54) is 25.3 Å². The van der Waals surface area contributed by atoms with Crippen molar-refractivity contribution in [3.63, 3.8) is 0 Å². The second-order valence-corrected chi connectivity index (χ2v) is 5.48. The van der Waals surface area contributed by atoms with Crippen LogP contribution in [0.2, 0.25) is 0 Å². The first kappa shape index (κ1) is 16.0. The molecule has 2 N–H and O–H groups in total. The van der Waals surface area contributed by atoms with Gasteiger partial charge in [0.15, 0.2) is 0 Å². The molecule has 1 aromatic rings. The molecule has 0 fully saturated rings. The molecule has 108 valence electrons. The Hall–Kier alpha value is -2.04. The van der Waals surface area contributed by atoms with E-state index in [4.69, 9.17) is 9.84 Å². The van der Waals surface area contributed by atoms with E-state index in [9.17, 15) is 13.2 Å². The third kappa shape index (κ3) is 3.98. The molecule has 0 aliphatic heterocycles. The fraction of sp³-hybridized carbons (Fsp3) is 0.308. The highest BCUT2D eigenvalue weighted by Gasteiger charge is 2.20. The molecule has 1 aromatic carbocycles. The van der Waals surface area contributed by atoms with Crippen LogP contribution in [0.4, 0.5) is 0 Å². The predicted octanol–water partition coefficient (Wildman–Crippen LogP) is 1.09. The van der Waals surface area contributed by atoms with Crippen LogP contribution >= 0.6 is 0 Å². The first-order valence-electron chi connectivity index (χ1n) is 5.73. The van der Waals surface area contributed by atoms with Crippen molar-refractivity contribution in [1.29, 1.82) is 0 Å². The summed E-state index contributed by atoms with van der Waals surface area (Å²) in [4.78, 5) is 10.7. The van der Waals surface area contributed by atoms with Crippen molar-refractivity contribution in [3.05, 3.63) is 23.8 Å². The number of methoxy groups -OCH3 is 1. The van der Waals surface area contributed by atoms with Gasteiger partial charge < -0.3 is 9.84 Å². The van der Waals surface area contributed by atoms with Crippen LogP contribution in [0.5, 0.6) is 5.75 Å². The fourth-order valence-corrected chi connectivity index (χ4v) is 2.65. The fourth-order valence-electron chi connectivity index (χ4n) is 1.47. The Morgan fingerprint density at radius 3 is 2.70 bits per heavy atom. The molecular formula is C13H15NO5S. The Labute approximate surface area is 117 Å². The van der Waals surface area contributed by atoms with E-state index in [2.05, 4.69) is 16.6 Å². The average molecular weight is 297 g/mol. The van der Waals surface area contributed by atoms with Crippen LogP contribution in [-0.4, -0.2) is 33.1 Å². The van der Waals surface area contributed by atoms with Gasteiger partial charge in [-0.05, 0) is 25.1 Å². The number of aromatic carboxylic acids is 1. The molecule has 0 radical (unpaired) electrons. The van der Waals surface area contributed by atoms with E-state index in [1.807, 2.05) is 0 Å². The summed E-state index contributed by atoms with van der Waals surface area (Å²) in [5.74, 6) is 4.23. The molecule has 0 amide bonds. The summed E-state index contributed by atoms with van der Waals surface area (Å²) in [6.45, 7) is 1.84. The van der Waals surface area contributed by atoms with Gasteiger partial charge in [0.05, 0.1) is 12.7 Å². The molecule has 1 rings (SSSR count). The van der Waals surface area contributed by atoms with Crippen LogP contribution < -0.4 is 9.46 Å². The molecule has 0 atom stereocenters. The highest BCUT2D eigenvalue weighted by Crippen LogP contribution is 2.24. The summed E-state index contributed by atoms with van der Waals surface area (Å²) in [5.41, 5.74) is -0.0438. The second-order valence-electron chi connectivity index (χ2n) is 3.75. The van der Waals surface area contributed by atoms with Gasteiger partial charge in [0.25, 0.3) is 0 Å². The number of carboxylic acid groups (broad SMARTS) is 1. The molecule has 0 aromatic heterocycles. The smallest absolute Gasteiger partial charge is 0.335 e. The Bertz CT molecular complexity index is 655. The summed E-state index contributed by atoms with van der Waals surface area (Å²) in [5, 5.41) is 8.86. The molecule has 0 bridgehead atoms. The maximum absolute atomic E-state index is 12.1. The van der Waals surface area contributed by atoms with Crippen molar-refractivity contribution in [3.8, 4) is 17.6 Å². The van der Waals surface area contributed by atoms with Crippen molar-refractivity contribution in [2.45, 2.75) is 18.2 Å². The number of rotatable bonds is 6. The third-order valence-electron chi connectivity index (χ3n) is 2.42. The van der Waals surface area contributed by atoms with Gasteiger partial charge in [0, 0.05) is 13.0 Å². The van der Waals surface area contributed by atoms with Crippen LogP contribution in [0.15, 0.2) is 23.1 Å². The Kier molecular flexibility index (Phi) is 5.55. The minimum Gasteiger partial charge on any atom is -0.495 e. The summed E-state index contributed by atoms with van der Waals surface area (Å²) >= 11 is 0. The number of nitrogens with one attached hydrogen (secondary N) is 1. The minimum absolute atomic E-state index is 0.0148. The molecule has 0 saturated carbocycles. The van der Waals surface area contributed by atoms with E-state index in [0.717, 1.165) is 0 Å². The lowest BCUT2D eigenvalue weighted by molar-refractivity contribution is 0.0696. The molecule has 6 nitrogen and oxygen atoms in total. The maximum Gasteiger partial charge on any atom is 0.335 e. The van der Waals surface area contributed by atoms with Crippen LogP contribution in [0, 0.1) is 11.8 Å². The van der Waals surface area contributed by atoms with Crippen LogP contribution in [0.1, 0.15) is 23.7 Å². The zero-order valence-corrected chi connectivity index (χ0v) is 12.0. The van der Waals surface area contributed by atoms with Crippen molar-refractivity contribution in [2.24, 2.45) is 0 Å². The van der Waals surface area contributed by atoms with E-state index in [1.54, 1.807) is 6.92 Å². The summed E-state index contributed by atoms with van der Waals surface area (Å²) in [6, 6.07) is 3.59. The largest absolute Gasteiger partial charge is 0.495 e. The van der Waals surface area contributed by atoms with E-state index in [0.29, 0.717) is 6.42 Å². The monoisotopic (exact) mass is 297 g/mol. The van der Waals surface area contributed by atoms with Crippen LogP contribution in [0.3, 0.4) is 0 Å². The molecule has 0 unspecified atom stereocenters. The molecule has 0 spiro atoms. The number of ether oxygens (including phenoxy) is 1. The molecule has 7 heteroatoms. The normalized spacial score (nSPS) is 10.5. The third-order valence-corrected chi connectivity index (χ3v) is 3.92. The minimum atomic E-state index is -3.76. The van der Waals surface area contributed by atoms with Crippen LogP contribution in [0.25, 0.3) is 0 Å². The lowest BCUT2D eigenvalue weighted by atomic mass is 10.2. The van der Waals surface area contributed by atoms with Gasteiger partial charge in [-0.15, -0.1) is 11.8 Å². The number of sulfonamides is 1. The lowest BCUT2D eigenvalue weighted by Crippen LogP contribution is -2.25. The average Bonchev–Trinajstić information content (AvgIpc) is 2.42. The standard InChI is InChI=1S/C13H15NO5S/c1-3-4-5-8-14-20(17,18)12-7-6-10(13(15)16)9-11(12)19-2/h6-7,9,14H,5,8H2,1-2H3,(H,15,16). The zero-order chi connectivity index (χ0) is 15.2. The Morgan fingerprint density at radius 2 is 2.15 bits per heavy atom. The topological polar surface area (TPSA) is 92.7 Å². The molecule has 20 heavy (non-hydrogen) atoms. The SMILES string of the molecule is CC#CCCNS(=O)(=O)c1ccc(C(=O)O)cc1OC. The summed E-state index contributed by atoms with van der Waals surface area (Å²) in [7, 11) is -2.48. The molecule has 0 saturated heterocycles. The van der Waals surface area contributed by atoms with Crippen molar-refractivity contribution in [2.75, 3.05) is 13.7 Å². The quantitative estimate of drug-likeness (QED) is 0.605. The molecular weight excluding hydrogens is 282 g/mol. The lowest BCUT2D eigenvalue weighted by Gasteiger charge is -2.10. The van der Waals surface area contributed by atoms with Crippen molar-refractivity contribution >= 4 is 16.0 Å². The van der Waals surface area contributed by atoms with Gasteiger partial charge in [0.2, 0.25) is 10.0 Å². The highest BCUT2D eigenvalue weighted by molar-refractivity contribution is 7.89. The van der Waals surface area contributed by atoms with E-state index < -0.39 is 16.0 Å². The highest BCUT2D eigenvalue weighted by atomic mass is 32.2. The summed E-state index contributed by atoms with van der Waals surface area (Å²) in [6.07, 6.45) is 0.394. The first-order valence-corrected chi connectivity index (χ1v) is 7.21. The van der Waals surface area contributed by atoms with Gasteiger partial charge >= 0.3 is 5.97 Å². The second kappa shape index (κ2) is 6.93. The van der Waals surface area contributed by atoms with Gasteiger partial charge in [-0.1, -0.05) is 0 Å². The van der Waals surface area contributed by atoms with E-state index >= 15 is 0 Å². The molecule has 0 heterocycles. The van der Waals surface area contributed by atoms with Crippen LogP contribution in [-0.2, 0) is 10.0 Å². The molecule has 0 aliphatic carbocycles. The summed E-state index contributed by atoms with van der Waals surface area (Å²) < 4.78 is 31.5. The number of hydrogen-bond donors (Lipinski definition) is 2. The van der Waals surface area contributed by atoms with Gasteiger partial charge in [-0.2, -0.15) is 0 Å². The predicted molar refractivity (Wildman–Crippen MR) is 73.2 cm³/mol. The van der Waals surface area contributed by atoms with Crippen molar-refractivity contribution in [1.82, 2.24) is 4.72 Å². The van der Waals surface area contributed by atoms with Gasteiger partial charge in [-0.3, -0.25) is 0 Å². The van der Waals surface area contributed by atoms with E-state index in [-0.39, 0.29) is 22.8 Å². The van der Waals surface area contributed by atoms with Gasteiger partial charge in [-0.25, -0.2) is 17.9 Å². The Balaban J connectivity index is 3.04. The number of benzene rings is 1. The van der Waals surface area contributed by atoms with Gasteiger partial charge in [0.1, 0.15) is 10.6 Å². The number of carbonyl (C=O) groups is 1. The van der Waals surface area contributed by atoms with Crippen molar-refractivity contribution < 1.29 is 23.1 Å². The number of hydrogen-bond acceptors (Lipinski definition) is 4. The zero-order valence-electron chi connectivity index (χ0n) is 11.1. The Morgan fingerprint density at radius 1 is 1.45 bits per heavy atom.